The van der Waals surface area contributed by atoms with E-state index in [1.54, 1.807) is 19.1 Å². The number of carboxylic acid groups (broad SMARTS) is 1. The third-order valence-corrected chi connectivity index (χ3v) is 4.92. The van der Waals surface area contributed by atoms with Crippen molar-refractivity contribution in [1.82, 2.24) is 15.1 Å². The molecule has 0 bridgehead atoms. The number of hydrogen-bond acceptors (Lipinski definition) is 5. The maximum atomic E-state index is 13.7. The van der Waals surface area contributed by atoms with E-state index in [2.05, 4.69) is 10.4 Å². The molecule has 0 radical (unpaired) electrons. The minimum Gasteiger partial charge on any atom is -0.478 e. The van der Waals surface area contributed by atoms with Crippen LogP contribution >= 0.6 is 0 Å². The molecule has 172 valence electrons. The van der Waals surface area contributed by atoms with E-state index < -0.39 is 35.6 Å². The van der Waals surface area contributed by atoms with Crippen LogP contribution in [0.15, 0.2) is 48.5 Å². The van der Waals surface area contributed by atoms with Crippen molar-refractivity contribution >= 4 is 17.7 Å². The highest BCUT2D eigenvalue weighted by molar-refractivity contribution is 5.98. The molecule has 0 aliphatic rings. The van der Waals surface area contributed by atoms with Crippen molar-refractivity contribution in [1.29, 1.82) is 0 Å². The first-order chi connectivity index (χ1) is 15.6. The second kappa shape index (κ2) is 9.60. The molecule has 0 saturated carbocycles. The Morgan fingerprint density at radius 2 is 1.76 bits per heavy atom. The Kier molecular flexibility index (Phi) is 6.86. The fourth-order valence-corrected chi connectivity index (χ4v) is 3.17. The number of ether oxygens (including phenoxy) is 1. The first-order valence-electron chi connectivity index (χ1n) is 9.86. The molecule has 1 atom stereocenters. The monoisotopic (exact) mass is 457 g/mol. The van der Waals surface area contributed by atoms with E-state index in [-0.39, 0.29) is 23.0 Å². The molecule has 0 aliphatic heterocycles. The third kappa shape index (κ3) is 5.22. The van der Waals surface area contributed by atoms with E-state index in [4.69, 9.17) is 9.84 Å². The number of rotatable bonds is 8. The predicted octanol–water partition coefficient (Wildman–Crippen LogP) is 4.54. The van der Waals surface area contributed by atoms with Gasteiger partial charge in [0.2, 0.25) is 5.88 Å². The van der Waals surface area contributed by atoms with E-state index in [9.17, 15) is 23.2 Å². The summed E-state index contributed by atoms with van der Waals surface area (Å²) in [6.07, 6.45) is -3.04. The molecule has 0 saturated heterocycles. The zero-order chi connectivity index (χ0) is 24.3. The number of benzene rings is 2. The molecule has 3 rings (SSSR count). The molecule has 8 nitrogen and oxygen atoms in total. The van der Waals surface area contributed by atoms with Crippen LogP contribution in [0.3, 0.4) is 0 Å². The summed E-state index contributed by atoms with van der Waals surface area (Å²) >= 11 is 0. The summed E-state index contributed by atoms with van der Waals surface area (Å²) in [5.74, 6) is -2.18. The fourth-order valence-electron chi connectivity index (χ4n) is 3.17. The number of halogens is 2. The number of nitrogens with one attached hydrogen (secondary N) is 1. The lowest BCUT2D eigenvalue weighted by Gasteiger charge is -2.16. The Labute approximate surface area is 187 Å². The van der Waals surface area contributed by atoms with Gasteiger partial charge in [-0.3, -0.25) is 9.59 Å². The zero-order valence-electron chi connectivity index (χ0n) is 18.0. The van der Waals surface area contributed by atoms with Crippen LogP contribution < -0.4 is 10.1 Å². The lowest BCUT2D eigenvalue weighted by Crippen LogP contribution is -2.27. The number of nitrogens with zero attached hydrogens (tertiary/aromatic N) is 2. The van der Waals surface area contributed by atoms with E-state index in [0.29, 0.717) is 11.1 Å². The van der Waals surface area contributed by atoms with Crippen molar-refractivity contribution in [3.05, 3.63) is 76.5 Å². The Bertz CT molecular complexity index is 1210. The molecular formula is C23H21F2N3O5. The quantitative estimate of drug-likeness (QED) is 0.481. The summed E-state index contributed by atoms with van der Waals surface area (Å²) in [7, 11) is 1.36. The highest BCUT2D eigenvalue weighted by Gasteiger charge is 2.30. The molecule has 0 aliphatic carbocycles. The van der Waals surface area contributed by atoms with Gasteiger partial charge in [-0.05, 0) is 43.7 Å². The number of hydrogen-bond donors (Lipinski definition) is 2. The second-order valence-corrected chi connectivity index (χ2v) is 7.30. The highest BCUT2D eigenvalue weighted by atomic mass is 19.3. The van der Waals surface area contributed by atoms with Gasteiger partial charge in [0.1, 0.15) is 17.0 Å². The topological polar surface area (TPSA) is 111 Å². The van der Waals surface area contributed by atoms with E-state index in [0.717, 1.165) is 4.68 Å². The zero-order valence-corrected chi connectivity index (χ0v) is 18.0. The van der Waals surface area contributed by atoms with Gasteiger partial charge >= 0.3 is 5.97 Å². The van der Waals surface area contributed by atoms with Gasteiger partial charge < -0.3 is 15.2 Å². The van der Waals surface area contributed by atoms with Crippen molar-refractivity contribution in [2.75, 3.05) is 0 Å². The van der Waals surface area contributed by atoms with Gasteiger partial charge in [0.25, 0.3) is 12.3 Å². The first-order valence-corrected chi connectivity index (χ1v) is 9.86. The van der Waals surface area contributed by atoms with E-state index in [1.165, 1.54) is 50.4 Å². The van der Waals surface area contributed by atoms with Crippen LogP contribution in [0, 0.1) is 0 Å². The smallest absolute Gasteiger partial charge is 0.335 e. The van der Waals surface area contributed by atoms with Gasteiger partial charge in [-0.15, -0.1) is 0 Å². The average Bonchev–Trinajstić information content (AvgIpc) is 3.10. The van der Waals surface area contributed by atoms with Gasteiger partial charge in [-0.25, -0.2) is 18.3 Å². The summed E-state index contributed by atoms with van der Waals surface area (Å²) in [4.78, 5) is 35.6. The minimum atomic E-state index is -3.04. The van der Waals surface area contributed by atoms with Crippen molar-refractivity contribution in [3.63, 3.8) is 0 Å². The van der Waals surface area contributed by atoms with Crippen molar-refractivity contribution in [3.8, 4) is 11.6 Å². The number of carbonyl (C=O) groups is 3. The molecule has 1 heterocycles. The number of alkyl halides is 2. The minimum absolute atomic E-state index is 0.0769. The number of amides is 1. The summed E-state index contributed by atoms with van der Waals surface area (Å²) in [5, 5.41) is 15.4. The summed E-state index contributed by atoms with van der Waals surface area (Å²) in [6, 6.07) is 11.3. The predicted molar refractivity (Wildman–Crippen MR) is 114 cm³/mol. The summed E-state index contributed by atoms with van der Waals surface area (Å²) < 4.78 is 34.0. The number of aromatic nitrogens is 2. The molecule has 1 unspecified atom stereocenters. The molecule has 2 aromatic carbocycles. The van der Waals surface area contributed by atoms with Crippen LogP contribution in [0.1, 0.15) is 68.6 Å². The standard InChI is InChI=1S/C23H21F2N3O5/c1-12(14-7-9-15(10-8-14)23(31)32)26-21(30)18-19(20(24)25)27-28(3)22(18)33-17-6-4-5-16(11-17)13(2)29/h4-12,20H,1-3H3,(H,26,30)(H,31,32). The van der Waals surface area contributed by atoms with Gasteiger partial charge in [-0.2, -0.15) is 5.10 Å². The van der Waals surface area contributed by atoms with Gasteiger partial charge in [0, 0.05) is 12.6 Å². The Morgan fingerprint density at radius 3 is 2.33 bits per heavy atom. The highest BCUT2D eigenvalue weighted by Crippen LogP contribution is 2.33. The molecular weight excluding hydrogens is 436 g/mol. The largest absolute Gasteiger partial charge is 0.478 e. The van der Waals surface area contributed by atoms with Crippen LogP contribution in [0.5, 0.6) is 11.6 Å². The summed E-state index contributed by atoms with van der Waals surface area (Å²) in [6.45, 7) is 3.00. The molecule has 2 N–H and O–H groups in total. The van der Waals surface area contributed by atoms with Crippen molar-refractivity contribution in [2.45, 2.75) is 26.3 Å². The van der Waals surface area contributed by atoms with Gasteiger partial charge in [0.05, 0.1) is 11.6 Å². The average molecular weight is 457 g/mol. The third-order valence-electron chi connectivity index (χ3n) is 4.92. The molecule has 1 amide bonds. The molecule has 1 aromatic heterocycles. The lowest BCUT2D eigenvalue weighted by molar-refractivity contribution is 0.0696. The van der Waals surface area contributed by atoms with E-state index >= 15 is 0 Å². The number of carbonyl (C=O) groups excluding carboxylic acids is 2. The number of aromatic carboxylic acids is 1. The Hall–Kier alpha value is -4.08. The number of carboxylic acids is 1. The molecule has 3 aromatic rings. The van der Waals surface area contributed by atoms with Crippen LogP contribution in [-0.2, 0) is 7.05 Å². The second-order valence-electron chi connectivity index (χ2n) is 7.30. The normalized spacial score (nSPS) is 11.8. The van der Waals surface area contributed by atoms with Crippen molar-refractivity contribution < 1.29 is 33.0 Å². The molecule has 10 heteroatoms. The fraction of sp³-hybridized carbons (Fsp3) is 0.217. The van der Waals surface area contributed by atoms with Gasteiger partial charge in [0.15, 0.2) is 5.78 Å². The molecule has 33 heavy (non-hydrogen) atoms. The SMILES string of the molecule is CC(=O)c1cccc(Oc2c(C(=O)NC(C)c3ccc(C(=O)O)cc3)c(C(F)F)nn2C)c1. The van der Waals surface area contributed by atoms with Crippen molar-refractivity contribution in [2.24, 2.45) is 7.05 Å². The number of ketones is 1. The van der Waals surface area contributed by atoms with Crippen LogP contribution in [0.25, 0.3) is 0 Å². The maximum Gasteiger partial charge on any atom is 0.335 e. The van der Waals surface area contributed by atoms with Gasteiger partial charge in [-0.1, -0.05) is 24.3 Å². The number of Topliss-reactive ketones (excluding diaryl/α,β-unsaturated/α-hetero) is 1. The van der Waals surface area contributed by atoms with Crippen LogP contribution in [0.2, 0.25) is 0 Å². The lowest BCUT2D eigenvalue weighted by atomic mass is 10.1. The number of aryl methyl sites for hydroxylation is 1. The molecule has 0 spiro atoms. The first kappa shape index (κ1) is 23.6. The summed E-state index contributed by atoms with van der Waals surface area (Å²) in [5.41, 5.74) is -0.176. The van der Waals surface area contributed by atoms with E-state index in [1.807, 2.05) is 0 Å². The Morgan fingerprint density at radius 1 is 1.09 bits per heavy atom. The molecule has 0 fully saturated rings. The maximum absolute atomic E-state index is 13.7. The Balaban J connectivity index is 1.92. The van der Waals surface area contributed by atoms with Crippen LogP contribution in [0.4, 0.5) is 8.78 Å². The van der Waals surface area contributed by atoms with Crippen LogP contribution in [-0.4, -0.2) is 32.5 Å².